The molecule has 2 aromatic heterocycles. The van der Waals surface area contributed by atoms with Gasteiger partial charge in [0.25, 0.3) is 0 Å². The second-order valence-corrected chi connectivity index (χ2v) is 16.4. The van der Waals surface area contributed by atoms with Gasteiger partial charge in [-0.15, -0.1) is 0 Å². The first-order valence-electron chi connectivity index (χ1n) is 20.4. The highest BCUT2D eigenvalue weighted by atomic mass is 16.3. The lowest BCUT2D eigenvalue weighted by Crippen LogP contribution is -2.18. The van der Waals surface area contributed by atoms with Crippen LogP contribution in [0.25, 0.3) is 76.9 Å². The summed E-state index contributed by atoms with van der Waals surface area (Å²) in [4.78, 5) is 2.51. The Morgan fingerprint density at radius 1 is 0.552 bits per heavy atom. The van der Waals surface area contributed by atoms with Crippen LogP contribution in [0, 0.1) is 0 Å². The predicted molar refractivity (Wildman–Crippen MR) is 244 cm³/mol. The summed E-state index contributed by atoms with van der Waals surface area (Å²) in [6.07, 6.45) is 6.90. The quantitative estimate of drug-likeness (QED) is 0.175. The number of fused-ring (bicyclic) bond motifs is 9. The van der Waals surface area contributed by atoms with Crippen molar-refractivity contribution in [3.63, 3.8) is 0 Å². The average molecular weight is 745 g/mol. The molecule has 276 valence electrons. The summed E-state index contributed by atoms with van der Waals surface area (Å²) in [5.41, 5.74) is 16.5. The molecule has 10 aromatic rings. The first-order chi connectivity index (χ1) is 28.5. The normalized spacial score (nSPS) is 14.6. The number of aromatic nitrogens is 1. The topological polar surface area (TPSA) is 21.3 Å². The molecule has 0 saturated carbocycles. The van der Waals surface area contributed by atoms with Crippen LogP contribution >= 0.6 is 0 Å². The van der Waals surface area contributed by atoms with Gasteiger partial charge in [-0.1, -0.05) is 135 Å². The Morgan fingerprint density at radius 2 is 1.22 bits per heavy atom. The zero-order valence-electron chi connectivity index (χ0n) is 32.5. The lowest BCUT2D eigenvalue weighted by Gasteiger charge is -2.32. The Balaban J connectivity index is 1.15. The fourth-order valence-electron chi connectivity index (χ4n) is 10.2. The predicted octanol–water partition coefficient (Wildman–Crippen LogP) is 15.4. The van der Waals surface area contributed by atoms with E-state index in [2.05, 4.69) is 205 Å². The van der Waals surface area contributed by atoms with Crippen molar-refractivity contribution >= 4 is 77.2 Å². The minimum absolute atomic E-state index is 0.112. The number of rotatable bonds is 5. The van der Waals surface area contributed by atoms with E-state index in [1.807, 2.05) is 0 Å². The second kappa shape index (κ2) is 12.4. The second-order valence-electron chi connectivity index (χ2n) is 16.4. The molecule has 3 heteroatoms. The zero-order valence-corrected chi connectivity index (χ0v) is 32.5. The Bertz CT molecular complexity index is 3330. The molecule has 0 aliphatic heterocycles. The maximum Gasteiger partial charge on any atom is 0.136 e. The van der Waals surface area contributed by atoms with E-state index in [0.29, 0.717) is 0 Å². The minimum Gasteiger partial charge on any atom is -0.456 e. The monoisotopic (exact) mass is 744 g/mol. The number of hydrogen-bond acceptors (Lipinski definition) is 2. The summed E-state index contributed by atoms with van der Waals surface area (Å²) in [5.74, 6) is 0. The van der Waals surface area contributed by atoms with Crippen LogP contribution < -0.4 is 4.90 Å². The maximum absolute atomic E-state index is 6.63. The molecule has 2 heterocycles. The number of anilines is 3. The molecule has 0 bridgehead atoms. The van der Waals surface area contributed by atoms with Gasteiger partial charge in [-0.3, -0.25) is 0 Å². The summed E-state index contributed by atoms with van der Waals surface area (Å²) in [6.45, 7) is 4.79. The van der Waals surface area contributed by atoms with Crippen molar-refractivity contribution in [2.24, 2.45) is 0 Å². The van der Waals surface area contributed by atoms with Gasteiger partial charge in [0, 0.05) is 38.2 Å². The summed E-state index contributed by atoms with van der Waals surface area (Å²) in [7, 11) is 0. The third-order valence-electron chi connectivity index (χ3n) is 12.8. The molecular weight excluding hydrogens is 705 g/mol. The number of para-hydroxylation sites is 5. The number of furan rings is 1. The van der Waals surface area contributed by atoms with Crippen molar-refractivity contribution < 1.29 is 4.42 Å². The van der Waals surface area contributed by atoms with Crippen molar-refractivity contribution in [2.45, 2.75) is 32.1 Å². The molecule has 0 atom stereocenters. The van der Waals surface area contributed by atoms with E-state index < -0.39 is 0 Å². The van der Waals surface area contributed by atoms with Crippen LogP contribution in [0.2, 0.25) is 0 Å². The number of allylic oxidation sites excluding steroid dienone is 4. The van der Waals surface area contributed by atoms with E-state index in [9.17, 15) is 0 Å². The molecule has 0 amide bonds. The van der Waals surface area contributed by atoms with Crippen LogP contribution in [-0.4, -0.2) is 4.57 Å². The lowest BCUT2D eigenvalue weighted by molar-refractivity contribution is 0.651. The van der Waals surface area contributed by atoms with E-state index in [1.165, 1.54) is 54.9 Å². The summed E-state index contributed by atoms with van der Waals surface area (Å²) in [5, 5.41) is 7.12. The van der Waals surface area contributed by atoms with Crippen LogP contribution in [0.4, 0.5) is 17.1 Å². The van der Waals surface area contributed by atoms with Gasteiger partial charge in [-0.05, 0) is 112 Å². The largest absolute Gasteiger partial charge is 0.456 e. The molecule has 0 spiro atoms. The SMILES string of the molecule is CC1(C)C2=C(CCC=C2)c2ccc(N(c3ccccc3-c3cccc4oc5cc6ccccc6cc5c34)c3ccccc3-n3c4ccccc4c4ccccc43)cc21. The molecule has 2 aliphatic rings. The molecule has 0 radical (unpaired) electrons. The van der Waals surface area contributed by atoms with E-state index in [-0.39, 0.29) is 5.41 Å². The highest BCUT2D eigenvalue weighted by Crippen LogP contribution is 2.53. The minimum atomic E-state index is -0.112. The van der Waals surface area contributed by atoms with Crippen molar-refractivity contribution in [1.29, 1.82) is 0 Å². The van der Waals surface area contributed by atoms with Crippen molar-refractivity contribution in [3.05, 3.63) is 199 Å². The Morgan fingerprint density at radius 3 is 2.03 bits per heavy atom. The van der Waals surface area contributed by atoms with Gasteiger partial charge in [0.2, 0.25) is 0 Å². The maximum atomic E-state index is 6.63. The fraction of sp³-hybridized carbons (Fsp3) is 0.0909. The summed E-state index contributed by atoms with van der Waals surface area (Å²) >= 11 is 0. The van der Waals surface area contributed by atoms with Crippen LogP contribution in [0.15, 0.2) is 192 Å². The first kappa shape index (κ1) is 33.1. The number of benzene rings is 8. The van der Waals surface area contributed by atoms with Gasteiger partial charge in [0.05, 0.1) is 28.1 Å². The molecular formula is C55H40N2O. The van der Waals surface area contributed by atoms with E-state index in [0.717, 1.165) is 68.7 Å². The van der Waals surface area contributed by atoms with Gasteiger partial charge in [-0.2, -0.15) is 0 Å². The highest BCUT2D eigenvalue weighted by molar-refractivity contribution is 6.17. The average Bonchev–Trinajstić information content (AvgIpc) is 3.88. The van der Waals surface area contributed by atoms with Gasteiger partial charge in [0.15, 0.2) is 0 Å². The molecule has 0 N–H and O–H groups in total. The van der Waals surface area contributed by atoms with E-state index in [1.54, 1.807) is 0 Å². The van der Waals surface area contributed by atoms with Crippen LogP contribution in [0.5, 0.6) is 0 Å². The van der Waals surface area contributed by atoms with Crippen LogP contribution in [-0.2, 0) is 5.41 Å². The molecule has 0 fully saturated rings. The van der Waals surface area contributed by atoms with Crippen molar-refractivity contribution in [3.8, 4) is 16.8 Å². The Kier molecular flexibility index (Phi) is 7.10. The molecule has 0 saturated heterocycles. The number of nitrogens with zero attached hydrogens (tertiary/aromatic N) is 2. The standard InChI is InChI=1S/C55H40N2O/c1-55(2)45-23-9-5-18-38(45)39-31-30-37(34-46(39)55)56(50-27-13-14-28-51(50)57-48-25-11-6-19-40(48)41-20-7-12-26-49(41)57)47-24-10-8-21-42(47)43-22-15-29-52-54(43)44-32-35-16-3-4-17-36(35)33-53(44)58-52/h3-4,6-17,19-34H,5,18H2,1-2H3. The zero-order chi connectivity index (χ0) is 38.5. The fourth-order valence-corrected chi connectivity index (χ4v) is 10.2. The Hall–Kier alpha value is -7.10. The summed E-state index contributed by atoms with van der Waals surface area (Å²) in [6, 6.07) is 62.2. The molecule has 3 nitrogen and oxygen atoms in total. The van der Waals surface area contributed by atoms with Gasteiger partial charge in [-0.25, -0.2) is 0 Å². The third kappa shape index (κ3) is 4.74. The smallest absolute Gasteiger partial charge is 0.136 e. The molecule has 2 aliphatic carbocycles. The van der Waals surface area contributed by atoms with Gasteiger partial charge >= 0.3 is 0 Å². The first-order valence-corrected chi connectivity index (χ1v) is 20.4. The van der Waals surface area contributed by atoms with Gasteiger partial charge in [0.1, 0.15) is 11.2 Å². The van der Waals surface area contributed by atoms with E-state index in [4.69, 9.17) is 4.42 Å². The van der Waals surface area contributed by atoms with E-state index >= 15 is 0 Å². The van der Waals surface area contributed by atoms with Crippen LogP contribution in [0.1, 0.15) is 37.8 Å². The summed E-state index contributed by atoms with van der Waals surface area (Å²) < 4.78 is 9.09. The van der Waals surface area contributed by atoms with Crippen LogP contribution in [0.3, 0.4) is 0 Å². The molecule has 8 aromatic carbocycles. The Labute approximate surface area is 337 Å². The van der Waals surface area contributed by atoms with Gasteiger partial charge < -0.3 is 13.9 Å². The lowest BCUT2D eigenvalue weighted by atomic mass is 9.80. The number of hydrogen-bond donors (Lipinski definition) is 0. The molecule has 58 heavy (non-hydrogen) atoms. The highest BCUT2D eigenvalue weighted by Gasteiger charge is 2.38. The van der Waals surface area contributed by atoms with Crippen molar-refractivity contribution in [1.82, 2.24) is 4.57 Å². The third-order valence-corrected chi connectivity index (χ3v) is 12.8. The van der Waals surface area contributed by atoms with Crippen molar-refractivity contribution in [2.75, 3.05) is 4.90 Å². The molecule has 0 unspecified atom stereocenters. The molecule has 12 rings (SSSR count).